The number of likely N-dealkylation sites (N-methyl/N-ethyl adjacent to an activating group) is 1. The normalized spacial score (nSPS) is 19.4. The molecule has 7 heteroatoms. The van der Waals surface area contributed by atoms with Crippen molar-refractivity contribution in [3.8, 4) is 0 Å². The average molecular weight is 303 g/mol. The van der Waals surface area contributed by atoms with Crippen LogP contribution in [-0.4, -0.2) is 56.8 Å². The van der Waals surface area contributed by atoms with Crippen LogP contribution >= 0.6 is 0 Å². The van der Waals surface area contributed by atoms with E-state index in [0.29, 0.717) is 13.1 Å². The molecule has 116 valence electrons. The van der Waals surface area contributed by atoms with Crippen molar-refractivity contribution in [2.75, 3.05) is 26.2 Å². The van der Waals surface area contributed by atoms with Crippen molar-refractivity contribution in [2.45, 2.75) is 13.0 Å². The summed E-state index contributed by atoms with van der Waals surface area (Å²) in [7, 11) is 0. The van der Waals surface area contributed by atoms with Gasteiger partial charge in [0, 0.05) is 38.2 Å². The Balaban J connectivity index is 1.81. The van der Waals surface area contributed by atoms with E-state index < -0.39 is 5.82 Å². The molecule has 1 aliphatic heterocycles. The van der Waals surface area contributed by atoms with Crippen LogP contribution in [0.3, 0.4) is 0 Å². The van der Waals surface area contributed by atoms with Crippen molar-refractivity contribution in [3.63, 3.8) is 0 Å². The summed E-state index contributed by atoms with van der Waals surface area (Å²) in [5.41, 5.74) is 0.0677. The van der Waals surface area contributed by atoms with Gasteiger partial charge in [-0.25, -0.2) is 9.37 Å². The number of halogens is 1. The number of pyridine rings is 1. The summed E-state index contributed by atoms with van der Waals surface area (Å²) in [6, 6.07) is 1.42. The minimum atomic E-state index is -0.583. The van der Waals surface area contributed by atoms with Crippen molar-refractivity contribution < 1.29 is 9.18 Å². The van der Waals surface area contributed by atoms with E-state index in [2.05, 4.69) is 26.8 Å². The molecule has 0 bridgehead atoms. The highest BCUT2D eigenvalue weighted by atomic mass is 19.1. The second kappa shape index (κ2) is 6.23. The van der Waals surface area contributed by atoms with Crippen LogP contribution in [0.2, 0.25) is 0 Å². The number of carbonyl (C=O) groups is 1. The smallest absolute Gasteiger partial charge is 0.257 e. The molecule has 3 rings (SSSR count). The molecule has 3 heterocycles. The van der Waals surface area contributed by atoms with Gasteiger partial charge in [-0.3, -0.25) is 14.7 Å². The summed E-state index contributed by atoms with van der Waals surface area (Å²) in [5.74, 6) is -0.0540. The molecule has 0 spiro atoms. The highest BCUT2D eigenvalue weighted by molar-refractivity contribution is 5.94. The molecule has 1 fully saturated rings. The fraction of sp³-hybridized carbons (Fsp3) is 0.400. The number of H-pyrrole nitrogens is 1. The van der Waals surface area contributed by atoms with Crippen molar-refractivity contribution in [1.29, 1.82) is 0 Å². The van der Waals surface area contributed by atoms with Crippen LogP contribution in [0.5, 0.6) is 0 Å². The lowest BCUT2D eigenvalue weighted by molar-refractivity contribution is 0.0475. The number of hydrogen-bond donors (Lipinski definition) is 1. The van der Waals surface area contributed by atoms with Crippen LogP contribution in [0.15, 0.2) is 30.9 Å². The molecule has 1 N–H and O–H groups in total. The van der Waals surface area contributed by atoms with E-state index >= 15 is 0 Å². The molecule has 0 saturated carbocycles. The molecular formula is C15H18FN5O. The minimum Gasteiger partial charge on any atom is -0.347 e. The first-order chi connectivity index (χ1) is 10.7. The summed E-state index contributed by atoms with van der Waals surface area (Å²) >= 11 is 0. The SMILES string of the molecule is CCN1CCN(C(=O)c2ccncc2F)C[C@@H]1c1ncc[nH]1. The fourth-order valence-electron chi connectivity index (χ4n) is 2.82. The molecular weight excluding hydrogens is 285 g/mol. The van der Waals surface area contributed by atoms with E-state index in [1.165, 1.54) is 12.3 Å². The largest absolute Gasteiger partial charge is 0.347 e. The van der Waals surface area contributed by atoms with Gasteiger partial charge < -0.3 is 9.88 Å². The minimum absolute atomic E-state index is 0.00241. The van der Waals surface area contributed by atoms with Crippen LogP contribution < -0.4 is 0 Å². The quantitative estimate of drug-likeness (QED) is 0.932. The van der Waals surface area contributed by atoms with Crippen molar-refractivity contribution in [1.82, 2.24) is 24.8 Å². The number of rotatable bonds is 3. The van der Waals surface area contributed by atoms with E-state index in [9.17, 15) is 9.18 Å². The van der Waals surface area contributed by atoms with Gasteiger partial charge in [-0.15, -0.1) is 0 Å². The van der Waals surface area contributed by atoms with Crippen LogP contribution in [0.25, 0.3) is 0 Å². The molecule has 2 aromatic rings. The number of hydrogen-bond acceptors (Lipinski definition) is 4. The van der Waals surface area contributed by atoms with E-state index in [1.807, 2.05) is 0 Å². The van der Waals surface area contributed by atoms with Crippen molar-refractivity contribution in [2.24, 2.45) is 0 Å². The zero-order chi connectivity index (χ0) is 15.5. The standard InChI is InChI=1S/C15H18FN5O/c1-2-20-7-8-21(10-13(20)14-18-5-6-19-14)15(22)11-3-4-17-9-12(11)16/h3-6,9,13H,2,7-8,10H2,1H3,(H,18,19)/t13-/m1/s1. The number of nitrogens with one attached hydrogen (secondary N) is 1. The summed E-state index contributed by atoms with van der Waals surface area (Å²) < 4.78 is 13.8. The van der Waals surface area contributed by atoms with Gasteiger partial charge in [-0.2, -0.15) is 0 Å². The molecule has 1 aliphatic rings. The van der Waals surface area contributed by atoms with E-state index in [0.717, 1.165) is 25.1 Å². The Kier molecular flexibility index (Phi) is 4.15. The Hall–Kier alpha value is -2.28. The molecule has 2 aromatic heterocycles. The first kappa shape index (κ1) is 14.6. The average Bonchev–Trinajstić information content (AvgIpc) is 3.08. The second-order valence-corrected chi connectivity index (χ2v) is 5.23. The third-order valence-electron chi connectivity index (χ3n) is 4.02. The van der Waals surface area contributed by atoms with E-state index in [1.54, 1.807) is 17.3 Å². The summed E-state index contributed by atoms with van der Waals surface area (Å²) in [5, 5.41) is 0. The number of piperazine rings is 1. The number of aromatic amines is 1. The predicted octanol–water partition coefficient (Wildman–Crippen LogP) is 1.46. The molecule has 22 heavy (non-hydrogen) atoms. The fourth-order valence-corrected chi connectivity index (χ4v) is 2.82. The Bertz CT molecular complexity index is 645. The monoisotopic (exact) mass is 303 g/mol. The number of carbonyl (C=O) groups excluding carboxylic acids is 1. The third-order valence-corrected chi connectivity index (χ3v) is 4.02. The van der Waals surface area contributed by atoms with Crippen LogP contribution in [0.1, 0.15) is 29.1 Å². The van der Waals surface area contributed by atoms with Gasteiger partial charge in [0.15, 0.2) is 5.82 Å². The first-order valence-electron chi connectivity index (χ1n) is 7.32. The highest BCUT2D eigenvalue weighted by Crippen LogP contribution is 2.24. The lowest BCUT2D eigenvalue weighted by Crippen LogP contribution is -2.50. The predicted molar refractivity (Wildman–Crippen MR) is 78.7 cm³/mol. The Morgan fingerprint density at radius 3 is 3.00 bits per heavy atom. The molecule has 6 nitrogen and oxygen atoms in total. The summed E-state index contributed by atoms with van der Waals surface area (Å²) in [4.78, 5) is 27.6. The molecule has 0 aliphatic carbocycles. The molecule has 0 radical (unpaired) electrons. The topological polar surface area (TPSA) is 65.1 Å². The molecule has 1 saturated heterocycles. The maximum atomic E-state index is 13.8. The first-order valence-corrected chi connectivity index (χ1v) is 7.32. The van der Waals surface area contributed by atoms with E-state index in [-0.39, 0.29) is 17.5 Å². The highest BCUT2D eigenvalue weighted by Gasteiger charge is 2.32. The number of imidazole rings is 1. The van der Waals surface area contributed by atoms with E-state index in [4.69, 9.17) is 0 Å². The third kappa shape index (κ3) is 2.71. The lowest BCUT2D eigenvalue weighted by atomic mass is 10.1. The number of aromatic nitrogens is 3. The summed E-state index contributed by atoms with van der Waals surface area (Å²) in [6.45, 7) is 4.75. The maximum Gasteiger partial charge on any atom is 0.257 e. The Labute approximate surface area is 128 Å². The zero-order valence-electron chi connectivity index (χ0n) is 12.4. The van der Waals surface area contributed by atoms with Gasteiger partial charge in [0.1, 0.15) is 5.82 Å². The second-order valence-electron chi connectivity index (χ2n) is 5.23. The van der Waals surface area contributed by atoms with Gasteiger partial charge in [0.2, 0.25) is 0 Å². The number of amides is 1. The van der Waals surface area contributed by atoms with Crippen molar-refractivity contribution in [3.05, 3.63) is 48.1 Å². The summed E-state index contributed by atoms with van der Waals surface area (Å²) in [6.07, 6.45) is 5.97. The van der Waals surface area contributed by atoms with Gasteiger partial charge in [0.05, 0.1) is 17.8 Å². The van der Waals surface area contributed by atoms with Crippen LogP contribution in [0.4, 0.5) is 4.39 Å². The lowest BCUT2D eigenvalue weighted by Gasteiger charge is -2.40. The van der Waals surface area contributed by atoms with Crippen LogP contribution in [0, 0.1) is 5.82 Å². The van der Waals surface area contributed by atoms with Gasteiger partial charge in [0.25, 0.3) is 5.91 Å². The maximum absolute atomic E-state index is 13.8. The van der Waals surface area contributed by atoms with Gasteiger partial charge >= 0.3 is 0 Å². The Morgan fingerprint density at radius 1 is 1.45 bits per heavy atom. The van der Waals surface area contributed by atoms with Crippen molar-refractivity contribution >= 4 is 5.91 Å². The van der Waals surface area contributed by atoms with Gasteiger partial charge in [-0.1, -0.05) is 6.92 Å². The number of nitrogens with zero attached hydrogens (tertiary/aromatic N) is 4. The molecule has 1 atom stereocenters. The molecule has 0 unspecified atom stereocenters. The molecule has 0 aromatic carbocycles. The van der Waals surface area contributed by atoms with Crippen LogP contribution in [-0.2, 0) is 0 Å². The molecule has 1 amide bonds. The van der Waals surface area contributed by atoms with Gasteiger partial charge in [-0.05, 0) is 12.6 Å². The Morgan fingerprint density at radius 2 is 2.32 bits per heavy atom. The zero-order valence-corrected chi connectivity index (χ0v) is 12.4.